The number of carbonyl (C=O) groups is 2. The summed E-state index contributed by atoms with van der Waals surface area (Å²) in [6, 6.07) is 5.54. The van der Waals surface area contributed by atoms with Crippen molar-refractivity contribution in [2.75, 3.05) is 10.6 Å². The van der Waals surface area contributed by atoms with Gasteiger partial charge in [-0.25, -0.2) is 0 Å². The number of thiocarbonyl (C=S) groups is 1. The molecule has 3 N–H and O–H groups in total. The van der Waals surface area contributed by atoms with E-state index in [-0.39, 0.29) is 16.9 Å². The Morgan fingerprint density at radius 3 is 2.57 bits per heavy atom. The van der Waals surface area contributed by atoms with Gasteiger partial charge in [-0.05, 0) is 55.6 Å². The van der Waals surface area contributed by atoms with Crippen LogP contribution in [0.2, 0.25) is 0 Å². The Morgan fingerprint density at radius 1 is 1.22 bits per heavy atom. The fourth-order valence-electron chi connectivity index (χ4n) is 2.84. The second-order valence-electron chi connectivity index (χ2n) is 6.07. The predicted molar refractivity (Wildman–Crippen MR) is 96.4 cm³/mol. The van der Waals surface area contributed by atoms with Crippen LogP contribution in [0.3, 0.4) is 0 Å². The number of carbonyl (C=O) groups excluding carboxylic acids is 2. The zero-order valence-electron chi connectivity index (χ0n) is 13.6. The average molecular weight is 333 g/mol. The highest BCUT2D eigenvalue weighted by molar-refractivity contribution is 7.80. The smallest absolute Gasteiger partial charge is 0.226 e. The summed E-state index contributed by atoms with van der Waals surface area (Å²) in [6.07, 6.45) is 5.23. The number of hydrogen-bond acceptors (Lipinski definition) is 3. The first-order valence-electron chi connectivity index (χ1n) is 7.93. The second kappa shape index (κ2) is 8.06. The SMILES string of the molecule is CC(=O)Nc1cc(NC(=S)NC(=O)CC2CCCC2)ccc1C. The molecule has 1 fully saturated rings. The first kappa shape index (κ1) is 17.4. The summed E-state index contributed by atoms with van der Waals surface area (Å²) in [5.41, 5.74) is 2.41. The minimum Gasteiger partial charge on any atom is -0.332 e. The van der Waals surface area contributed by atoms with E-state index in [1.807, 2.05) is 19.1 Å². The third-order valence-electron chi connectivity index (χ3n) is 4.01. The summed E-state index contributed by atoms with van der Waals surface area (Å²) >= 11 is 5.19. The molecule has 0 radical (unpaired) electrons. The standard InChI is InChI=1S/C17H23N3O2S/c1-11-7-8-14(10-15(11)18-12(2)21)19-17(23)20-16(22)9-13-5-3-4-6-13/h7-8,10,13H,3-6,9H2,1-2H3,(H,18,21)(H2,19,20,22,23). The van der Waals surface area contributed by atoms with Crippen molar-refractivity contribution >= 4 is 40.5 Å². The van der Waals surface area contributed by atoms with E-state index in [0.29, 0.717) is 12.3 Å². The lowest BCUT2D eigenvalue weighted by molar-refractivity contribution is -0.120. The highest BCUT2D eigenvalue weighted by Gasteiger charge is 2.18. The molecule has 1 aliphatic carbocycles. The molecule has 23 heavy (non-hydrogen) atoms. The van der Waals surface area contributed by atoms with Crippen molar-refractivity contribution < 1.29 is 9.59 Å². The van der Waals surface area contributed by atoms with E-state index in [0.717, 1.165) is 29.8 Å². The summed E-state index contributed by atoms with van der Waals surface area (Å²) in [5, 5.41) is 8.76. The van der Waals surface area contributed by atoms with Gasteiger partial charge in [-0.2, -0.15) is 0 Å². The summed E-state index contributed by atoms with van der Waals surface area (Å²) < 4.78 is 0. The lowest BCUT2D eigenvalue weighted by Crippen LogP contribution is -2.34. The number of aryl methyl sites for hydroxylation is 1. The van der Waals surface area contributed by atoms with Crippen molar-refractivity contribution in [2.45, 2.75) is 46.0 Å². The van der Waals surface area contributed by atoms with Crippen molar-refractivity contribution in [3.8, 4) is 0 Å². The molecule has 0 saturated heterocycles. The van der Waals surface area contributed by atoms with Crippen LogP contribution >= 0.6 is 12.2 Å². The third-order valence-corrected chi connectivity index (χ3v) is 4.21. The van der Waals surface area contributed by atoms with Gasteiger partial charge in [-0.1, -0.05) is 18.9 Å². The number of amides is 2. The Balaban J connectivity index is 1.89. The first-order chi connectivity index (χ1) is 10.9. The molecule has 0 atom stereocenters. The molecule has 0 unspecified atom stereocenters. The quantitative estimate of drug-likeness (QED) is 0.739. The molecule has 6 heteroatoms. The van der Waals surface area contributed by atoms with Crippen LogP contribution < -0.4 is 16.0 Å². The van der Waals surface area contributed by atoms with E-state index < -0.39 is 0 Å². The van der Waals surface area contributed by atoms with E-state index in [9.17, 15) is 9.59 Å². The van der Waals surface area contributed by atoms with Gasteiger partial charge in [0.25, 0.3) is 0 Å². The molecule has 2 amide bonds. The zero-order chi connectivity index (χ0) is 16.8. The van der Waals surface area contributed by atoms with E-state index >= 15 is 0 Å². The normalized spacial score (nSPS) is 14.3. The molecule has 0 aliphatic heterocycles. The monoisotopic (exact) mass is 333 g/mol. The van der Waals surface area contributed by atoms with Crippen LogP contribution in [-0.2, 0) is 9.59 Å². The van der Waals surface area contributed by atoms with Gasteiger partial charge in [0.05, 0.1) is 0 Å². The van der Waals surface area contributed by atoms with Crippen molar-refractivity contribution in [1.29, 1.82) is 0 Å². The Kier molecular flexibility index (Phi) is 6.10. The van der Waals surface area contributed by atoms with Crippen molar-refractivity contribution in [3.05, 3.63) is 23.8 Å². The Morgan fingerprint density at radius 2 is 1.91 bits per heavy atom. The molecule has 2 rings (SSSR count). The summed E-state index contributed by atoms with van der Waals surface area (Å²) in [6.45, 7) is 3.38. The van der Waals surface area contributed by atoms with Crippen LogP contribution in [0.4, 0.5) is 11.4 Å². The lowest BCUT2D eigenvalue weighted by Gasteiger charge is -2.13. The van der Waals surface area contributed by atoms with Crippen LogP contribution in [0.5, 0.6) is 0 Å². The first-order valence-corrected chi connectivity index (χ1v) is 8.34. The largest absolute Gasteiger partial charge is 0.332 e. The summed E-state index contributed by atoms with van der Waals surface area (Å²) in [4.78, 5) is 23.2. The maximum Gasteiger partial charge on any atom is 0.226 e. The third kappa shape index (κ3) is 5.63. The van der Waals surface area contributed by atoms with Crippen molar-refractivity contribution in [3.63, 3.8) is 0 Å². The molecule has 0 bridgehead atoms. The van der Waals surface area contributed by atoms with Gasteiger partial charge in [-0.3, -0.25) is 9.59 Å². The maximum absolute atomic E-state index is 12.0. The topological polar surface area (TPSA) is 70.2 Å². The fourth-order valence-corrected chi connectivity index (χ4v) is 3.07. The van der Waals surface area contributed by atoms with Crippen molar-refractivity contribution in [2.24, 2.45) is 5.92 Å². The van der Waals surface area contributed by atoms with Crippen LogP contribution in [0.25, 0.3) is 0 Å². The molecule has 0 spiro atoms. The molecular weight excluding hydrogens is 310 g/mol. The molecule has 1 aliphatic rings. The van der Waals surface area contributed by atoms with E-state index in [4.69, 9.17) is 12.2 Å². The average Bonchev–Trinajstić information content (AvgIpc) is 2.94. The van der Waals surface area contributed by atoms with Gasteiger partial charge in [0, 0.05) is 24.7 Å². The molecule has 1 saturated carbocycles. The Hall–Kier alpha value is -1.95. The molecule has 5 nitrogen and oxygen atoms in total. The van der Waals surface area contributed by atoms with Gasteiger partial charge in [-0.15, -0.1) is 0 Å². The fraction of sp³-hybridized carbons (Fsp3) is 0.471. The van der Waals surface area contributed by atoms with Crippen molar-refractivity contribution in [1.82, 2.24) is 5.32 Å². The van der Waals surface area contributed by atoms with Crippen LogP contribution in [0, 0.1) is 12.8 Å². The lowest BCUT2D eigenvalue weighted by atomic mass is 10.0. The Labute approximate surface area is 142 Å². The van der Waals surface area contributed by atoms with Crippen LogP contribution in [0.15, 0.2) is 18.2 Å². The maximum atomic E-state index is 12.0. The zero-order valence-corrected chi connectivity index (χ0v) is 14.4. The van der Waals surface area contributed by atoms with Gasteiger partial charge < -0.3 is 16.0 Å². The van der Waals surface area contributed by atoms with Gasteiger partial charge in [0.15, 0.2) is 5.11 Å². The van der Waals surface area contributed by atoms with Crippen LogP contribution in [0.1, 0.15) is 44.6 Å². The van der Waals surface area contributed by atoms with E-state index in [1.165, 1.54) is 19.8 Å². The summed E-state index contributed by atoms with van der Waals surface area (Å²) in [5.74, 6) is 0.324. The predicted octanol–water partition coefficient (Wildman–Crippen LogP) is 3.35. The van der Waals surface area contributed by atoms with Gasteiger partial charge >= 0.3 is 0 Å². The minimum atomic E-state index is -0.127. The number of benzene rings is 1. The number of rotatable bonds is 4. The van der Waals surface area contributed by atoms with Gasteiger partial charge in [0.2, 0.25) is 11.8 Å². The minimum absolute atomic E-state index is 0.0383. The van der Waals surface area contributed by atoms with Gasteiger partial charge in [0.1, 0.15) is 0 Å². The molecule has 1 aromatic rings. The summed E-state index contributed by atoms with van der Waals surface area (Å²) in [7, 11) is 0. The molecule has 0 aromatic heterocycles. The Bertz CT molecular complexity index is 610. The molecule has 124 valence electrons. The number of nitrogens with one attached hydrogen (secondary N) is 3. The number of hydrogen-bond donors (Lipinski definition) is 3. The highest BCUT2D eigenvalue weighted by atomic mass is 32.1. The number of anilines is 2. The van der Waals surface area contributed by atoms with E-state index in [2.05, 4.69) is 16.0 Å². The second-order valence-corrected chi connectivity index (χ2v) is 6.48. The molecule has 0 heterocycles. The highest BCUT2D eigenvalue weighted by Crippen LogP contribution is 2.27. The van der Waals surface area contributed by atoms with Crippen LogP contribution in [-0.4, -0.2) is 16.9 Å². The van der Waals surface area contributed by atoms with E-state index in [1.54, 1.807) is 6.07 Å². The molecule has 1 aromatic carbocycles. The molecular formula is C17H23N3O2S.